The van der Waals surface area contributed by atoms with Crippen LogP contribution in [0.1, 0.15) is 17.5 Å². The number of hydrogen-bond acceptors (Lipinski definition) is 3. The molecule has 3 rings (SSSR count). The van der Waals surface area contributed by atoms with Crippen LogP contribution >= 0.6 is 0 Å². The number of anilines is 1. The minimum absolute atomic E-state index is 0.00419. The summed E-state index contributed by atoms with van der Waals surface area (Å²) in [4.78, 5) is 11.2. The van der Waals surface area contributed by atoms with E-state index in [4.69, 9.17) is 5.73 Å². The predicted octanol–water partition coefficient (Wildman–Crippen LogP) is 0.665. The molecule has 15 heavy (non-hydrogen) atoms. The Labute approximate surface area is 87.2 Å². The van der Waals surface area contributed by atoms with E-state index >= 15 is 0 Å². The summed E-state index contributed by atoms with van der Waals surface area (Å²) >= 11 is 0. The molecule has 0 aromatic heterocycles. The van der Waals surface area contributed by atoms with Crippen LogP contribution in [0.5, 0.6) is 0 Å². The second-order valence-electron chi connectivity index (χ2n) is 4.05. The highest BCUT2D eigenvalue weighted by molar-refractivity contribution is 6.09. The van der Waals surface area contributed by atoms with E-state index < -0.39 is 0 Å². The molecule has 1 amide bonds. The molecule has 1 heterocycles. The number of hydrazone groups is 1. The first kappa shape index (κ1) is 8.47. The van der Waals surface area contributed by atoms with Crippen molar-refractivity contribution >= 4 is 17.3 Å². The second-order valence-corrected chi connectivity index (χ2v) is 4.05. The van der Waals surface area contributed by atoms with Crippen molar-refractivity contribution in [2.75, 3.05) is 5.73 Å². The molecular formula is C11H11N3O. The van der Waals surface area contributed by atoms with Crippen molar-refractivity contribution in [3.8, 4) is 0 Å². The molecule has 4 nitrogen and oxygen atoms in total. The Morgan fingerprint density at radius 3 is 3.13 bits per heavy atom. The van der Waals surface area contributed by atoms with Crippen LogP contribution in [0.2, 0.25) is 0 Å². The van der Waals surface area contributed by atoms with Crippen molar-refractivity contribution in [2.45, 2.75) is 12.8 Å². The molecule has 1 aliphatic carbocycles. The average Bonchev–Trinajstić information content (AvgIpc) is 2.53. The highest BCUT2D eigenvalue weighted by atomic mass is 16.2. The quantitative estimate of drug-likeness (QED) is 0.606. The molecule has 1 unspecified atom stereocenters. The summed E-state index contributed by atoms with van der Waals surface area (Å²) in [5, 5.41) is 4.12. The number of amides is 1. The molecule has 1 aromatic rings. The Hall–Kier alpha value is -1.84. The second kappa shape index (κ2) is 2.82. The number of rotatable bonds is 0. The highest BCUT2D eigenvalue weighted by Crippen LogP contribution is 2.32. The topological polar surface area (TPSA) is 67.5 Å². The minimum atomic E-state index is 0.00419. The number of carbonyl (C=O) groups excluding carboxylic acids is 1. The summed E-state index contributed by atoms with van der Waals surface area (Å²) in [6.45, 7) is 0. The lowest BCUT2D eigenvalue weighted by Crippen LogP contribution is -2.31. The maximum atomic E-state index is 11.2. The normalized spacial score (nSPS) is 22.8. The SMILES string of the molecule is Nc1ccc2c(c1)CC1CC(=O)NN=C21. The third kappa shape index (κ3) is 1.21. The smallest absolute Gasteiger partial charge is 0.240 e. The van der Waals surface area contributed by atoms with Crippen LogP contribution in [0.4, 0.5) is 5.69 Å². The minimum Gasteiger partial charge on any atom is -0.399 e. The zero-order valence-corrected chi connectivity index (χ0v) is 8.16. The van der Waals surface area contributed by atoms with Crippen LogP contribution in [0.25, 0.3) is 0 Å². The molecule has 0 bridgehead atoms. The third-order valence-corrected chi connectivity index (χ3v) is 2.99. The zero-order valence-electron chi connectivity index (χ0n) is 8.16. The molecule has 0 fully saturated rings. The van der Waals surface area contributed by atoms with Crippen LogP contribution in [0.3, 0.4) is 0 Å². The third-order valence-electron chi connectivity index (χ3n) is 2.99. The zero-order chi connectivity index (χ0) is 10.4. The van der Waals surface area contributed by atoms with Gasteiger partial charge in [-0.05, 0) is 24.1 Å². The van der Waals surface area contributed by atoms with Gasteiger partial charge >= 0.3 is 0 Å². The fraction of sp³-hybridized carbons (Fsp3) is 0.273. The Bertz CT molecular complexity index is 479. The fourth-order valence-electron chi connectivity index (χ4n) is 2.33. The Morgan fingerprint density at radius 1 is 1.40 bits per heavy atom. The molecule has 0 saturated heterocycles. The van der Waals surface area contributed by atoms with Gasteiger partial charge in [0.25, 0.3) is 0 Å². The van der Waals surface area contributed by atoms with Gasteiger partial charge in [0.15, 0.2) is 0 Å². The summed E-state index contributed by atoms with van der Waals surface area (Å²) in [7, 11) is 0. The van der Waals surface area contributed by atoms with Gasteiger partial charge in [-0.3, -0.25) is 4.79 Å². The molecule has 4 heteroatoms. The summed E-state index contributed by atoms with van der Waals surface area (Å²) in [5.74, 6) is 0.250. The molecule has 0 spiro atoms. The van der Waals surface area contributed by atoms with E-state index in [0.717, 1.165) is 23.4 Å². The van der Waals surface area contributed by atoms with Crippen molar-refractivity contribution in [1.82, 2.24) is 5.43 Å². The summed E-state index contributed by atoms with van der Waals surface area (Å²) in [6.07, 6.45) is 1.42. The van der Waals surface area contributed by atoms with Gasteiger partial charge in [-0.15, -0.1) is 0 Å². The van der Waals surface area contributed by atoms with Gasteiger partial charge < -0.3 is 5.73 Å². The van der Waals surface area contributed by atoms with Crippen molar-refractivity contribution in [3.05, 3.63) is 29.3 Å². The predicted molar refractivity (Wildman–Crippen MR) is 57.3 cm³/mol. The standard InChI is InChI=1S/C11H11N3O/c12-8-1-2-9-6(4-8)3-7-5-10(15)13-14-11(7)9/h1-2,4,7H,3,5,12H2,(H,13,15). The molecule has 0 radical (unpaired) electrons. The average molecular weight is 201 g/mol. The molecule has 3 N–H and O–H groups in total. The Balaban J connectivity index is 2.09. The van der Waals surface area contributed by atoms with Crippen LogP contribution in [-0.4, -0.2) is 11.6 Å². The van der Waals surface area contributed by atoms with Gasteiger partial charge in [0.05, 0.1) is 5.71 Å². The number of carbonyl (C=O) groups is 1. The van der Waals surface area contributed by atoms with E-state index in [-0.39, 0.29) is 11.8 Å². The maximum Gasteiger partial charge on any atom is 0.240 e. The number of hydrogen-bond donors (Lipinski definition) is 2. The lowest BCUT2D eigenvalue weighted by molar-refractivity contribution is -0.121. The van der Waals surface area contributed by atoms with Gasteiger partial charge in [0.2, 0.25) is 5.91 Å². The Morgan fingerprint density at radius 2 is 2.27 bits per heavy atom. The van der Waals surface area contributed by atoms with Crippen molar-refractivity contribution in [3.63, 3.8) is 0 Å². The van der Waals surface area contributed by atoms with E-state index in [1.807, 2.05) is 18.2 Å². The van der Waals surface area contributed by atoms with Crippen LogP contribution in [0.15, 0.2) is 23.3 Å². The molecular weight excluding hydrogens is 190 g/mol. The van der Waals surface area contributed by atoms with E-state index in [1.165, 1.54) is 5.56 Å². The number of fused-ring (bicyclic) bond motifs is 3. The highest BCUT2D eigenvalue weighted by Gasteiger charge is 2.32. The van der Waals surface area contributed by atoms with Crippen molar-refractivity contribution in [2.24, 2.45) is 11.0 Å². The van der Waals surface area contributed by atoms with Crippen molar-refractivity contribution in [1.29, 1.82) is 0 Å². The van der Waals surface area contributed by atoms with Gasteiger partial charge in [-0.2, -0.15) is 5.10 Å². The number of nitrogens with zero attached hydrogens (tertiary/aromatic N) is 1. The van der Waals surface area contributed by atoms with Crippen LogP contribution in [0, 0.1) is 5.92 Å². The van der Waals surface area contributed by atoms with E-state index in [2.05, 4.69) is 10.5 Å². The first-order valence-corrected chi connectivity index (χ1v) is 4.99. The molecule has 76 valence electrons. The monoisotopic (exact) mass is 201 g/mol. The number of benzene rings is 1. The Kier molecular flexibility index (Phi) is 1.59. The fourth-order valence-corrected chi connectivity index (χ4v) is 2.33. The molecule has 1 aromatic carbocycles. The summed E-state index contributed by atoms with van der Waals surface area (Å²) < 4.78 is 0. The summed E-state index contributed by atoms with van der Waals surface area (Å²) in [6, 6.07) is 5.84. The number of nitrogen functional groups attached to an aromatic ring is 1. The maximum absolute atomic E-state index is 11.2. The summed E-state index contributed by atoms with van der Waals surface area (Å²) in [5.41, 5.74) is 12.4. The van der Waals surface area contributed by atoms with Gasteiger partial charge in [-0.25, -0.2) is 5.43 Å². The lowest BCUT2D eigenvalue weighted by Gasteiger charge is -2.15. The van der Waals surface area contributed by atoms with Crippen LogP contribution in [-0.2, 0) is 11.2 Å². The number of nitrogens with one attached hydrogen (secondary N) is 1. The van der Waals surface area contributed by atoms with Gasteiger partial charge in [0.1, 0.15) is 0 Å². The van der Waals surface area contributed by atoms with Crippen molar-refractivity contribution < 1.29 is 4.79 Å². The van der Waals surface area contributed by atoms with Gasteiger partial charge in [0, 0.05) is 23.6 Å². The van der Waals surface area contributed by atoms with E-state index in [1.54, 1.807) is 0 Å². The first-order valence-electron chi connectivity index (χ1n) is 4.99. The van der Waals surface area contributed by atoms with E-state index in [0.29, 0.717) is 6.42 Å². The molecule has 0 saturated carbocycles. The molecule has 1 aliphatic heterocycles. The number of nitrogens with two attached hydrogens (primary N) is 1. The van der Waals surface area contributed by atoms with Gasteiger partial charge in [-0.1, -0.05) is 6.07 Å². The lowest BCUT2D eigenvalue weighted by atomic mass is 9.99. The largest absolute Gasteiger partial charge is 0.399 e. The molecule has 1 atom stereocenters. The van der Waals surface area contributed by atoms with Crippen LogP contribution < -0.4 is 11.2 Å². The first-order chi connectivity index (χ1) is 7.24. The molecule has 2 aliphatic rings. The van der Waals surface area contributed by atoms with E-state index in [9.17, 15) is 4.79 Å².